The molecular weight excluding hydrogens is 336 g/mol. The van der Waals surface area contributed by atoms with Gasteiger partial charge in [-0.15, -0.1) is 0 Å². The minimum absolute atomic E-state index is 0.195. The molecule has 0 fully saturated rings. The lowest BCUT2D eigenvalue weighted by Gasteiger charge is -2.16. The summed E-state index contributed by atoms with van der Waals surface area (Å²) in [5, 5.41) is 15.2. The van der Waals surface area contributed by atoms with Crippen LogP contribution in [-0.2, 0) is 19.1 Å². The zero-order chi connectivity index (χ0) is 19.1. The molecule has 3 N–H and O–H groups in total. The highest BCUT2D eigenvalue weighted by Gasteiger charge is 2.24. The van der Waals surface area contributed by atoms with Gasteiger partial charge in [-0.2, -0.15) is 0 Å². The molecular formula is C19H20N2O5. The number of benzene rings is 2. The summed E-state index contributed by atoms with van der Waals surface area (Å²) >= 11 is 0. The molecule has 2 aromatic carbocycles. The first-order valence-corrected chi connectivity index (χ1v) is 7.99. The maximum Gasteiger partial charge on any atom is 0.340 e. The van der Waals surface area contributed by atoms with E-state index in [1.807, 2.05) is 0 Å². The number of rotatable bonds is 6. The van der Waals surface area contributed by atoms with Crippen LogP contribution in [0.15, 0.2) is 54.6 Å². The molecule has 0 bridgehead atoms. The van der Waals surface area contributed by atoms with Crippen LogP contribution in [-0.4, -0.2) is 29.0 Å². The number of aliphatic hydroxyl groups is 1. The van der Waals surface area contributed by atoms with E-state index in [-0.39, 0.29) is 5.91 Å². The largest absolute Gasteiger partial charge is 0.450 e. The Balaban J connectivity index is 1.90. The fraction of sp³-hybridized carbons (Fsp3) is 0.211. The van der Waals surface area contributed by atoms with E-state index in [9.17, 15) is 19.5 Å². The normalized spacial score (nSPS) is 12.6. The average molecular weight is 356 g/mol. The summed E-state index contributed by atoms with van der Waals surface area (Å²) in [5.41, 5.74) is 1.47. The lowest BCUT2D eigenvalue weighted by atomic mass is 10.1. The summed E-state index contributed by atoms with van der Waals surface area (Å²) in [6, 6.07) is 14.8. The first-order valence-electron chi connectivity index (χ1n) is 7.99. The lowest BCUT2D eigenvalue weighted by molar-refractivity contribution is -0.162. The highest BCUT2D eigenvalue weighted by Crippen LogP contribution is 2.16. The number of hydrogen-bond donors (Lipinski definition) is 3. The van der Waals surface area contributed by atoms with E-state index in [0.29, 0.717) is 16.9 Å². The van der Waals surface area contributed by atoms with E-state index in [4.69, 9.17) is 4.74 Å². The number of aliphatic hydroxyl groups excluding tert-OH is 1. The minimum atomic E-state index is -1.46. The molecule has 0 heterocycles. The molecule has 2 rings (SSSR count). The van der Waals surface area contributed by atoms with Crippen molar-refractivity contribution in [2.24, 2.45) is 0 Å². The topological polar surface area (TPSA) is 105 Å². The van der Waals surface area contributed by atoms with Gasteiger partial charge >= 0.3 is 5.97 Å². The van der Waals surface area contributed by atoms with Gasteiger partial charge in [0, 0.05) is 18.3 Å². The molecule has 0 spiro atoms. The number of hydrogen-bond acceptors (Lipinski definition) is 5. The quantitative estimate of drug-likeness (QED) is 0.689. The molecule has 0 aliphatic heterocycles. The molecule has 0 unspecified atom stereocenters. The Morgan fingerprint density at radius 2 is 1.46 bits per heavy atom. The van der Waals surface area contributed by atoms with Gasteiger partial charge in [0.1, 0.15) is 0 Å². The number of anilines is 2. The number of carbonyl (C=O) groups excluding carboxylic acids is 3. The van der Waals surface area contributed by atoms with Crippen LogP contribution in [0.2, 0.25) is 0 Å². The maximum absolute atomic E-state index is 12.1. The fourth-order valence-corrected chi connectivity index (χ4v) is 2.15. The molecule has 26 heavy (non-hydrogen) atoms. The summed E-state index contributed by atoms with van der Waals surface area (Å²) in [6.45, 7) is 2.81. The maximum atomic E-state index is 12.1. The summed E-state index contributed by atoms with van der Waals surface area (Å²) < 4.78 is 5.02. The van der Waals surface area contributed by atoms with Crippen molar-refractivity contribution in [3.05, 3.63) is 60.2 Å². The second kappa shape index (κ2) is 8.77. The number of nitrogens with one attached hydrogen (secondary N) is 2. The van der Waals surface area contributed by atoms with Crippen LogP contribution in [0, 0.1) is 0 Å². The van der Waals surface area contributed by atoms with E-state index < -0.39 is 24.1 Å². The first-order chi connectivity index (χ1) is 12.4. The van der Waals surface area contributed by atoms with E-state index >= 15 is 0 Å². The number of ether oxygens (including phenoxy) is 1. The van der Waals surface area contributed by atoms with Crippen LogP contribution in [0.3, 0.4) is 0 Å². The van der Waals surface area contributed by atoms with Gasteiger partial charge in [-0.1, -0.05) is 30.3 Å². The van der Waals surface area contributed by atoms with Gasteiger partial charge < -0.3 is 20.5 Å². The molecule has 136 valence electrons. The molecule has 0 saturated carbocycles. The highest BCUT2D eigenvalue weighted by molar-refractivity contribution is 5.96. The predicted octanol–water partition coefficient (Wildman–Crippen LogP) is 2.25. The van der Waals surface area contributed by atoms with E-state index in [0.717, 1.165) is 0 Å². The molecule has 7 nitrogen and oxygen atoms in total. The van der Waals surface area contributed by atoms with Gasteiger partial charge in [0.05, 0.1) is 0 Å². The molecule has 0 aliphatic rings. The van der Waals surface area contributed by atoms with E-state index in [1.165, 1.54) is 13.8 Å². The Kier molecular flexibility index (Phi) is 6.46. The van der Waals surface area contributed by atoms with Gasteiger partial charge in [0.2, 0.25) is 5.91 Å². The van der Waals surface area contributed by atoms with Gasteiger partial charge in [-0.05, 0) is 36.8 Å². The van der Waals surface area contributed by atoms with Crippen molar-refractivity contribution in [1.82, 2.24) is 0 Å². The Bertz CT molecular complexity index is 774. The Morgan fingerprint density at radius 1 is 0.923 bits per heavy atom. The van der Waals surface area contributed by atoms with Crippen LogP contribution in [0.5, 0.6) is 0 Å². The third-order valence-electron chi connectivity index (χ3n) is 3.47. The molecule has 0 radical (unpaired) electrons. The Hall–Kier alpha value is -3.19. The summed E-state index contributed by atoms with van der Waals surface area (Å²) in [4.78, 5) is 35.1. The molecule has 2 amide bonds. The summed E-state index contributed by atoms with van der Waals surface area (Å²) in [7, 11) is 0. The van der Waals surface area contributed by atoms with Gasteiger partial charge in [0.15, 0.2) is 12.2 Å². The fourth-order valence-electron chi connectivity index (χ4n) is 2.15. The molecule has 0 aromatic heterocycles. The van der Waals surface area contributed by atoms with Crippen molar-refractivity contribution < 1.29 is 24.2 Å². The predicted molar refractivity (Wildman–Crippen MR) is 96.3 cm³/mol. The number of esters is 1. The van der Waals surface area contributed by atoms with Crippen molar-refractivity contribution in [1.29, 1.82) is 0 Å². The van der Waals surface area contributed by atoms with Crippen LogP contribution < -0.4 is 10.6 Å². The lowest BCUT2D eigenvalue weighted by Crippen LogP contribution is -2.31. The molecule has 0 aliphatic carbocycles. The van der Waals surface area contributed by atoms with Crippen molar-refractivity contribution in [3.63, 3.8) is 0 Å². The van der Waals surface area contributed by atoms with Crippen molar-refractivity contribution in [3.8, 4) is 0 Å². The van der Waals surface area contributed by atoms with Crippen molar-refractivity contribution in [2.75, 3.05) is 10.6 Å². The molecule has 2 atom stereocenters. The van der Waals surface area contributed by atoms with Crippen LogP contribution in [0.4, 0.5) is 11.4 Å². The summed E-state index contributed by atoms with van der Waals surface area (Å²) in [5.74, 6) is -1.63. The zero-order valence-electron chi connectivity index (χ0n) is 14.4. The van der Waals surface area contributed by atoms with Crippen molar-refractivity contribution in [2.45, 2.75) is 26.1 Å². The zero-order valence-corrected chi connectivity index (χ0v) is 14.4. The first kappa shape index (κ1) is 19.1. The van der Waals surface area contributed by atoms with Gasteiger partial charge in [0.25, 0.3) is 5.91 Å². The minimum Gasteiger partial charge on any atom is -0.450 e. The second-order valence-electron chi connectivity index (χ2n) is 5.64. The Morgan fingerprint density at radius 3 is 2.00 bits per heavy atom. The average Bonchev–Trinajstić information content (AvgIpc) is 2.62. The van der Waals surface area contributed by atoms with Gasteiger partial charge in [-0.3, -0.25) is 9.59 Å². The smallest absolute Gasteiger partial charge is 0.340 e. The van der Waals surface area contributed by atoms with Crippen LogP contribution in [0.25, 0.3) is 0 Å². The number of amides is 2. The standard InChI is InChI=1S/C19H20N2O5/c1-12(26-19(25)17(23)14-6-4-3-5-7-14)18(24)21-16-10-8-15(9-11-16)20-13(2)22/h3-12,17,23H,1-2H3,(H,20,22)(H,21,24)/t12-,17+/m1/s1. The molecule has 7 heteroatoms. The van der Waals surface area contributed by atoms with Crippen LogP contribution >= 0.6 is 0 Å². The third-order valence-corrected chi connectivity index (χ3v) is 3.47. The molecule has 2 aromatic rings. The second-order valence-corrected chi connectivity index (χ2v) is 5.64. The van der Waals surface area contributed by atoms with Gasteiger partial charge in [-0.25, -0.2) is 4.79 Å². The highest BCUT2D eigenvalue weighted by atomic mass is 16.6. The summed E-state index contributed by atoms with van der Waals surface area (Å²) in [6.07, 6.45) is -2.54. The monoisotopic (exact) mass is 356 g/mol. The van der Waals surface area contributed by atoms with Crippen molar-refractivity contribution >= 4 is 29.2 Å². The van der Waals surface area contributed by atoms with E-state index in [2.05, 4.69) is 10.6 Å². The molecule has 0 saturated heterocycles. The van der Waals surface area contributed by atoms with E-state index in [1.54, 1.807) is 54.6 Å². The number of carbonyl (C=O) groups is 3. The SMILES string of the molecule is CC(=O)Nc1ccc(NC(=O)[C@@H](C)OC(=O)[C@@H](O)c2ccccc2)cc1. The third kappa shape index (κ3) is 5.42. The Labute approximate surface area is 151 Å². The van der Waals surface area contributed by atoms with Crippen LogP contribution in [0.1, 0.15) is 25.5 Å².